The molecule has 2 heterocycles. The molecule has 7 nitrogen and oxygen atoms in total. The maximum atomic E-state index is 12.0. The summed E-state index contributed by atoms with van der Waals surface area (Å²) in [4.78, 5) is 28.7. The fourth-order valence-electron chi connectivity index (χ4n) is 2.23. The number of rotatable bonds is 2. The lowest BCUT2D eigenvalue weighted by Crippen LogP contribution is -2.55. The predicted molar refractivity (Wildman–Crippen MR) is 73.1 cm³/mol. The number of piperidine rings is 1. The number of aliphatic hydroxyl groups excluding tert-OH is 1. The van der Waals surface area contributed by atoms with Crippen LogP contribution < -0.4 is 5.32 Å². The van der Waals surface area contributed by atoms with Gasteiger partial charge in [0.05, 0.1) is 17.7 Å². The van der Waals surface area contributed by atoms with Gasteiger partial charge in [0.25, 0.3) is 5.91 Å². The van der Waals surface area contributed by atoms with Gasteiger partial charge in [-0.3, -0.25) is 9.59 Å². The van der Waals surface area contributed by atoms with Gasteiger partial charge < -0.3 is 15.3 Å². The average Bonchev–Trinajstić information content (AvgIpc) is 2.49. The number of amides is 2. The van der Waals surface area contributed by atoms with Crippen molar-refractivity contribution < 1.29 is 14.7 Å². The second-order valence-electron chi connectivity index (χ2n) is 4.94. The Morgan fingerprint density at radius 2 is 2.29 bits per heavy atom. The van der Waals surface area contributed by atoms with Crippen LogP contribution in [0.1, 0.15) is 29.4 Å². The molecule has 0 spiro atoms. The lowest BCUT2D eigenvalue weighted by Gasteiger charge is -2.35. The van der Waals surface area contributed by atoms with Crippen LogP contribution in [0.15, 0.2) is 18.3 Å². The van der Waals surface area contributed by atoms with Crippen molar-refractivity contribution in [2.24, 2.45) is 0 Å². The first-order valence-electron chi connectivity index (χ1n) is 6.62. The molecular formula is C14H16N4O3. The van der Waals surface area contributed by atoms with Crippen molar-refractivity contribution >= 4 is 11.8 Å². The molecule has 0 aromatic carbocycles. The molecule has 110 valence electrons. The summed E-state index contributed by atoms with van der Waals surface area (Å²) in [6.07, 6.45) is 1.03. The van der Waals surface area contributed by atoms with Crippen molar-refractivity contribution in [1.29, 1.82) is 5.26 Å². The molecule has 1 saturated heterocycles. The first-order valence-corrected chi connectivity index (χ1v) is 6.62. The minimum atomic E-state index is -0.794. The maximum absolute atomic E-state index is 12.0. The van der Waals surface area contributed by atoms with Crippen LogP contribution in [0.5, 0.6) is 0 Å². The van der Waals surface area contributed by atoms with Crippen LogP contribution in [0.25, 0.3) is 0 Å². The van der Waals surface area contributed by atoms with Crippen molar-refractivity contribution in [2.45, 2.75) is 25.5 Å². The second kappa shape index (κ2) is 6.33. The van der Waals surface area contributed by atoms with Gasteiger partial charge >= 0.3 is 0 Å². The topological polar surface area (TPSA) is 106 Å². The smallest absolute Gasteiger partial charge is 0.253 e. The molecule has 1 fully saturated rings. The summed E-state index contributed by atoms with van der Waals surface area (Å²) in [5.41, 5.74) is 0.566. The van der Waals surface area contributed by atoms with Gasteiger partial charge in [-0.25, -0.2) is 4.98 Å². The van der Waals surface area contributed by atoms with Crippen LogP contribution in [0.4, 0.5) is 0 Å². The highest BCUT2D eigenvalue weighted by Gasteiger charge is 2.30. The highest BCUT2D eigenvalue weighted by Crippen LogP contribution is 2.12. The zero-order valence-corrected chi connectivity index (χ0v) is 11.6. The van der Waals surface area contributed by atoms with Crippen LogP contribution in [0, 0.1) is 11.3 Å². The normalized spacial score (nSPS) is 21.5. The molecule has 0 unspecified atom stereocenters. The molecule has 2 amide bonds. The minimum Gasteiger partial charge on any atom is -0.389 e. The van der Waals surface area contributed by atoms with Crippen molar-refractivity contribution in [1.82, 2.24) is 15.2 Å². The SMILES string of the molecule is CC(=O)N1CC[C@@H](NC(=O)c2ccc(C#N)nc2)[C@H](O)C1. The van der Waals surface area contributed by atoms with Crippen LogP contribution >= 0.6 is 0 Å². The number of carbonyl (C=O) groups excluding carboxylic acids is 2. The van der Waals surface area contributed by atoms with E-state index in [9.17, 15) is 14.7 Å². The zero-order chi connectivity index (χ0) is 15.4. The third-order valence-corrected chi connectivity index (χ3v) is 3.48. The van der Waals surface area contributed by atoms with E-state index in [2.05, 4.69) is 10.3 Å². The summed E-state index contributed by atoms with van der Waals surface area (Å²) in [6.45, 7) is 2.17. The molecule has 0 bridgehead atoms. The Morgan fingerprint density at radius 3 is 2.81 bits per heavy atom. The number of nitrogens with one attached hydrogen (secondary N) is 1. The molecule has 1 aliphatic heterocycles. The van der Waals surface area contributed by atoms with Gasteiger partial charge in [0, 0.05) is 26.2 Å². The standard InChI is InChI=1S/C14H16N4O3/c1-9(19)18-5-4-12(13(20)8-18)17-14(21)10-2-3-11(6-15)16-7-10/h2-3,7,12-13,20H,4-5,8H2,1H3,(H,17,21)/t12-,13-/m1/s1. The molecular weight excluding hydrogens is 272 g/mol. The van der Waals surface area contributed by atoms with Gasteiger partial charge in [0.2, 0.25) is 5.91 Å². The molecule has 0 radical (unpaired) electrons. The first kappa shape index (κ1) is 14.9. The molecule has 0 aliphatic carbocycles. The summed E-state index contributed by atoms with van der Waals surface area (Å²) < 4.78 is 0. The van der Waals surface area contributed by atoms with E-state index in [-0.39, 0.29) is 24.1 Å². The Hall–Kier alpha value is -2.46. The Morgan fingerprint density at radius 1 is 1.52 bits per heavy atom. The molecule has 0 saturated carbocycles. The van der Waals surface area contributed by atoms with E-state index in [1.165, 1.54) is 25.3 Å². The highest BCUT2D eigenvalue weighted by molar-refractivity contribution is 5.94. The summed E-state index contributed by atoms with van der Waals surface area (Å²) in [7, 11) is 0. The van der Waals surface area contributed by atoms with Crippen molar-refractivity contribution in [3.63, 3.8) is 0 Å². The van der Waals surface area contributed by atoms with E-state index in [1.54, 1.807) is 4.90 Å². The average molecular weight is 288 g/mol. The molecule has 1 aromatic rings. The largest absolute Gasteiger partial charge is 0.389 e. The molecule has 2 rings (SSSR count). The van der Waals surface area contributed by atoms with Gasteiger partial charge in [-0.2, -0.15) is 5.26 Å². The number of aliphatic hydroxyl groups is 1. The molecule has 1 aromatic heterocycles. The number of carbonyl (C=O) groups is 2. The summed E-state index contributed by atoms with van der Waals surface area (Å²) in [5.74, 6) is -0.442. The van der Waals surface area contributed by atoms with Crippen molar-refractivity contribution in [2.75, 3.05) is 13.1 Å². The summed E-state index contributed by atoms with van der Waals surface area (Å²) >= 11 is 0. The van der Waals surface area contributed by atoms with Crippen LogP contribution in [0.2, 0.25) is 0 Å². The van der Waals surface area contributed by atoms with Gasteiger partial charge in [-0.15, -0.1) is 0 Å². The second-order valence-corrected chi connectivity index (χ2v) is 4.94. The van der Waals surface area contributed by atoms with E-state index in [1.807, 2.05) is 6.07 Å². The number of hydrogen-bond acceptors (Lipinski definition) is 5. The van der Waals surface area contributed by atoms with Crippen LogP contribution in [-0.2, 0) is 4.79 Å². The first-order chi connectivity index (χ1) is 10.0. The lowest BCUT2D eigenvalue weighted by molar-refractivity contribution is -0.132. The highest BCUT2D eigenvalue weighted by atomic mass is 16.3. The zero-order valence-electron chi connectivity index (χ0n) is 11.6. The van der Waals surface area contributed by atoms with Crippen LogP contribution in [-0.4, -0.2) is 52.0 Å². The number of likely N-dealkylation sites (tertiary alicyclic amines) is 1. The Bertz CT molecular complexity index is 579. The molecule has 7 heteroatoms. The minimum absolute atomic E-state index is 0.0879. The van der Waals surface area contributed by atoms with E-state index in [0.29, 0.717) is 18.5 Å². The number of aromatic nitrogens is 1. The third kappa shape index (κ3) is 3.55. The van der Waals surface area contributed by atoms with E-state index >= 15 is 0 Å². The van der Waals surface area contributed by atoms with Crippen LogP contribution in [0.3, 0.4) is 0 Å². The molecule has 21 heavy (non-hydrogen) atoms. The van der Waals surface area contributed by atoms with Crippen molar-refractivity contribution in [3.8, 4) is 6.07 Å². The van der Waals surface area contributed by atoms with Crippen molar-refractivity contribution in [3.05, 3.63) is 29.6 Å². The number of nitriles is 1. The molecule has 2 N–H and O–H groups in total. The number of nitrogens with zero attached hydrogens (tertiary/aromatic N) is 3. The Kier molecular flexibility index (Phi) is 4.50. The third-order valence-electron chi connectivity index (χ3n) is 3.48. The number of β-amino-alcohol motifs (C(OH)–C–C–N with tert-alkyl or cyclic N) is 1. The lowest BCUT2D eigenvalue weighted by atomic mass is 10.0. The molecule has 2 atom stereocenters. The predicted octanol–water partition coefficient (Wildman–Crippen LogP) is -0.335. The van der Waals surface area contributed by atoms with Gasteiger partial charge in [0.15, 0.2) is 0 Å². The number of hydrogen-bond donors (Lipinski definition) is 2. The summed E-state index contributed by atoms with van der Waals surface area (Å²) in [5, 5.41) is 21.4. The Balaban J connectivity index is 1.96. The monoisotopic (exact) mass is 288 g/mol. The fraction of sp³-hybridized carbons (Fsp3) is 0.429. The van der Waals surface area contributed by atoms with E-state index in [4.69, 9.17) is 5.26 Å². The maximum Gasteiger partial charge on any atom is 0.253 e. The number of pyridine rings is 1. The Labute approximate surface area is 122 Å². The molecule has 1 aliphatic rings. The quantitative estimate of drug-likeness (QED) is 0.774. The van der Waals surface area contributed by atoms with E-state index in [0.717, 1.165) is 0 Å². The fourth-order valence-corrected chi connectivity index (χ4v) is 2.23. The van der Waals surface area contributed by atoms with E-state index < -0.39 is 12.1 Å². The van der Waals surface area contributed by atoms with Gasteiger partial charge in [0.1, 0.15) is 11.8 Å². The van der Waals surface area contributed by atoms with Gasteiger partial charge in [-0.1, -0.05) is 0 Å². The summed E-state index contributed by atoms with van der Waals surface area (Å²) in [6, 6.07) is 4.45. The van der Waals surface area contributed by atoms with Gasteiger partial charge in [-0.05, 0) is 18.6 Å².